The van der Waals surface area contributed by atoms with Gasteiger partial charge in [0, 0.05) is 54.7 Å². The highest BCUT2D eigenvalue weighted by atomic mass is 19.1. The third-order valence-corrected chi connectivity index (χ3v) is 7.55. The largest absolute Gasteiger partial charge is 0.507 e. The molecule has 1 aromatic heterocycles. The lowest BCUT2D eigenvalue weighted by atomic mass is 9.92. The fourth-order valence-electron chi connectivity index (χ4n) is 5.61. The average Bonchev–Trinajstić information content (AvgIpc) is 3.42. The van der Waals surface area contributed by atoms with Crippen molar-refractivity contribution in [1.82, 2.24) is 15.1 Å². The molecule has 0 spiro atoms. The van der Waals surface area contributed by atoms with Gasteiger partial charge in [0.25, 0.3) is 0 Å². The van der Waals surface area contributed by atoms with E-state index in [4.69, 9.17) is 10.2 Å². The maximum absolute atomic E-state index is 15.0. The Hall–Kier alpha value is -4.46. The summed E-state index contributed by atoms with van der Waals surface area (Å²) in [7, 11) is 0. The molecule has 0 saturated carbocycles. The molecule has 192 valence electrons. The molecule has 0 unspecified atom stereocenters. The number of carbonyl (C=O) groups is 1. The van der Waals surface area contributed by atoms with Crippen LogP contribution in [0.2, 0.25) is 0 Å². The summed E-state index contributed by atoms with van der Waals surface area (Å²) in [6.07, 6.45) is 2.22. The summed E-state index contributed by atoms with van der Waals surface area (Å²) in [6.45, 7) is 8.72. The van der Waals surface area contributed by atoms with Gasteiger partial charge in [-0.25, -0.2) is 4.39 Å². The molecule has 4 aromatic rings. The maximum Gasteiger partial charge on any atom is 0.246 e. The number of amides is 1. The number of hydrogen-bond acceptors (Lipinski definition) is 6. The number of rotatable bonds is 4. The van der Waals surface area contributed by atoms with Crippen LogP contribution in [0.15, 0.2) is 61.2 Å². The van der Waals surface area contributed by atoms with Crippen molar-refractivity contribution < 1.29 is 14.3 Å². The van der Waals surface area contributed by atoms with Crippen LogP contribution in [0.1, 0.15) is 11.1 Å². The number of nitrogens with one attached hydrogen (secondary N) is 1. The summed E-state index contributed by atoms with van der Waals surface area (Å²) in [5.74, 6) is 0.0633. The van der Waals surface area contributed by atoms with Crippen LogP contribution in [0.3, 0.4) is 0 Å². The molecule has 7 nitrogen and oxygen atoms in total. The van der Waals surface area contributed by atoms with Crippen LogP contribution in [0.4, 0.5) is 15.9 Å². The second-order valence-corrected chi connectivity index (χ2v) is 9.74. The second-order valence-electron chi connectivity index (χ2n) is 9.74. The fraction of sp³-hybridized carbons (Fsp3) is 0.233. The number of anilines is 2. The van der Waals surface area contributed by atoms with Gasteiger partial charge in [-0.1, -0.05) is 24.8 Å². The lowest BCUT2D eigenvalue weighted by Gasteiger charge is -2.35. The molecule has 3 aromatic carbocycles. The first kappa shape index (κ1) is 23.9. The summed E-state index contributed by atoms with van der Waals surface area (Å²) in [6, 6.07) is 14.4. The van der Waals surface area contributed by atoms with Gasteiger partial charge in [0.15, 0.2) is 5.82 Å². The van der Waals surface area contributed by atoms with Gasteiger partial charge < -0.3 is 20.2 Å². The summed E-state index contributed by atoms with van der Waals surface area (Å²) in [5, 5.41) is 25.2. The first-order chi connectivity index (χ1) is 18.5. The normalized spacial score (nSPS) is 14.9. The Labute approximate surface area is 220 Å². The third-order valence-electron chi connectivity index (χ3n) is 7.55. The molecule has 8 heteroatoms. The molecular weight excluding hydrogens is 481 g/mol. The van der Waals surface area contributed by atoms with E-state index in [0.29, 0.717) is 31.7 Å². The van der Waals surface area contributed by atoms with Crippen LogP contribution < -0.4 is 10.2 Å². The molecule has 2 aliphatic heterocycles. The average molecular weight is 510 g/mol. The van der Waals surface area contributed by atoms with Gasteiger partial charge in [0.1, 0.15) is 17.3 Å². The highest BCUT2D eigenvalue weighted by Crippen LogP contribution is 2.42. The number of nitrogens with zero attached hydrogens (tertiary/aromatic N) is 4. The van der Waals surface area contributed by atoms with Crippen molar-refractivity contribution in [1.29, 1.82) is 0 Å². The van der Waals surface area contributed by atoms with Gasteiger partial charge in [0.05, 0.1) is 5.56 Å². The Morgan fingerprint density at radius 2 is 1.84 bits per heavy atom. The van der Waals surface area contributed by atoms with E-state index in [1.807, 2.05) is 25.1 Å². The molecule has 2 aliphatic rings. The Bertz CT molecular complexity index is 1570. The van der Waals surface area contributed by atoms with E-state index in [2.05, 4.69) is 28.9 Å². The number of benzene rings is 3. The summed E-state index contributed by atoms with van der Waals surface area (Å²) < 4.78 is 15.0. The molecule has 0 bridgehead atoms. The monoisotopic (exact) mass is 509 g/mol. The topological polar surface area (TPSA) is 81.6 Å². The lowest BCUT2D eigenvalue weighted by Crippen LogP contribution is -2.48. The van der Waals surface area contributed by atoms with E-state index >= 15 is 0 Å². The molecule has 1 fully saturated rings. The zero-order chi connectivity index (χ0) is 26.4. The number of fused-ring (bicyclic) bond motifs is 2. The van der Waals surface area contributed by atoms with Crippen LogP contribution in [-0.2, 0) is 11.2 Å². The van der Waals surface area contributed by atoms with Gasteiger partial charge >= 0.3 is 0 Å². The van der Waals surface area contributed by atoms with Crippen LogP contribution in [-0.4, -0.2) is 58.8 Å². The Morgan fingerprint density at radius 3 is 2.61 bits per heavy atom. The Morgan fingerprint density at radius 1 is 1.05 bits per heavy atom. The Balaban J connectivity index is 1.55. The van der Waals surface area contributed by atoms with Crippen molar-refractivity contribution in [2.45, 2.75) is 13.3 Å². The van der Waals surface area contributed by atoms with Crippen LogP contribution in [0.25, 0.3) is 33.2 Å². The first-order valence-electron chi connectivity index (χ1n) is 12.8. The number of hydrogen-bond donors (Lipinski definition) is 2. The van der Waals surface area contributed by atoms with E-state index in [9.17, 15) is 14.3 Å². The fourth-order valence-corrected chi connectivity index (χ4v) is 5.61. The van der Waals surface area contributed by atoms with Crippen molar-refractivity contribution >= 4 is 28.2 Å². The molecule has 38 heavy (non-hydrogen) atoms. The minimum Gasteiger partial charge on any atom is -0.507 e. The van der Waals surface area contributed by atoms with Crippen molar-refractivity contribution in [3.05, 3.63) is 78.1 Å². The highest BCUT2D eigenvalue weighted by molar-refractivity contribution is 6.04. The molecular formula is C30H28FN5O2. The zero-order valence-electron chi connectivity index (χ0n) is 21.2. The van der Waals surface area contributed by atoms with E-state index in [1.54, 1.807) is 4.90 Å². The smallest absolute Gasteiger partial charge is 0.246 e. The van der Waals surface area contributed by atoms with E-state index in [-0.39, 0.29) is 17.2 Å². The lowest BCUT2D eigenvalue weighted by molar-refractivity contribution is -0.126. The van der Waals surface area contributed by atoms with E-state index in [1.165, 1.54) is 29.8 Å². The molecule has 0 radical (unpaired) electrons. The SMILES string of the molecule is C=CC(=O)N1CCN(c2nnc(-c3cccc4c3CCN4)c3cc(-c4c(O)cccc4F)c(C)cc23)CC1. The van der Waals surface area contributed by atoms with Gasteiger partial charge in [-0.05, 0) is 66.4 Å². The van der Waals surface area contributed by atoms with Crippen LogP contribution >= 0.6 is 0 Å². The molecule has 6 rings (SSSR count). The van der Waals surface area contributed by atoms with E-state index < -0.39 is 5.82 Å². The molecule has 0 atom stereocenters. The second kappa shape index (κ2) is 9.45. The predicted molar refractivity (Wildman–Crippen MR) is 148 cm³/mol. The van der Waals surface area contributed by atoms with Crippen LogP contribution in [0.5, 0.6) is 5.75 Å². The molecule has 2 N–H and O–H groups in total. The van der Waals surface area contributed by atoms with Gasteiger partial charge in [-0.2, -0.15) is 0 Å². The van der Waals surface area contributed by atoms with Gasteiger partial charge in [0.2, 0.25) is 5.91 Å². The van der Waals surface area contributed by atoms with Gasteiger partial charge in [-0.3, -0.25) is 4.79 Å². The number of halogens is 1. The van der Waals surface area contributed by atoms with Crippen molar-refractivity contribution in [2.75, 3.05) is 42.9 Å². The number of aromatic hydroxyl groups is 1. The minimum absolute atomic E-state index is 0.0762. The Kier molecular flexibility index (Phi) is 5.94. The number of phenols is 1. The number of aromatic nitrogens is 2. The predicted octanol–water partition coefficient (Wildman–Crippen LogP) is 4.92. The molecule has 3 heterocycles. The first-order valence-corrected chi connectivity index (χ1v) is 12.8. The summed E-state index contributed by atoms with van der Waals surface area (Å²) in [5.41, 5.74) is 5.59. The molecule has 1 amide bonds. The quantitative estimate of drug-likeness (QED) is 0.380. The van der Waals surface area contributed by atoms with E-state index in [0.717, 1.165) is 52.1 Å². The third kappa shape index (κ3) is 3.93. The van der Waals surface area contributed by atoms with Crippen molar-refractivity contribution in [2.24, 2.45) is 0 Å². The van der Waals surface area contributed by atoms with Crippen LogP contribution in [0, 0.1) is 12.7 Å². The van der Waals surface area contributed by atoms with Crippen molar-refractivity contribution in [3.63, 3.8) is 0 Å². The van der Waals surface area contributed by atoms with Crippen molar-refractivity contribution in [3.8, 4) is 28.1 Å². The number of phenolic OH excluding ortho intramolecular Hbond substituents is 1. The summed E-state index contributed by atoms with van der Waals surface area (Å²) in [4.78, 5) is 16.0. The number of piperazine rings is 1. The minimum atomic E-state index is -0.482. The number of carbonyl (C=O) groups excluding carboxylic acids is 1. The standard InChI is InChI=1S/C30H28FN5O2/c1-3-27(38)35-12-14-36(15-13-35)30-23-16-18(2)21(28-24(31)7-5-9-26(28)37)17-22(23)29(33-34-30)20-6-4-8-25-19(20)10-11-32-25/h3-9,16-17,32,37H,1,10-15H2,2H3. The zero-order valence-corrected chi connectivity index (χ0v) is 21.2. The maximum atomic E-state index is 15.0. The highest BCUT2D eigenvalue weighted by Gasteiger charge is 2.26. The number of aryl methyl sites for hydroxylation is 1. The molecule has 1 saturated heterocycles. The summed E-state index contributed by atoms with van der Waals surface area (Å²) >= 11 is 0. The van der Waals surface area contributed by atoms with Gasteiger partial charge in [-0.15, -0.1) is 10.2 Å². The molecule has 0 aliphatic carbocycles.